The molecule has 6 aromatic rings. The van der Waals surface area contributed by atoms with Gasteiger partial charge in [0.2, 0.25) is 11.6 Å². The fourth-order valence-corrected chi connectivity index (χ4v) is 8.08. The fourth-order valence-electron chi connectivity index (χ4n) is 7.63. The van der Waals surface area contributed by atoms with Gasteiger partial charge in [-0.25, -0.2) is 0 Å². The number of nitrogens with zero attached hydrogens (tertiary/aromatic N) is 6. The molecule has 0 aliphatic carbocycles. The second-order valence-electron chi connectivity index (χ2n) is 17.3. The first-order chi connectivity index (χ1) is 30.5. The molecular formula is C48H52Cl2N6O8. The van der Waals surface area contributed by atoms with Crippen LogP contribution in [0.5, 0.6) is 11.5 Å². The van der Waals surface area contributed by atoms with Crippen molar-refractivity contribution in [1.29, 1.82) is 0 Å². The summed E-state index contributed by atoms with van der Waals surface area (Å²) in [5, 5.41) is 18.3. The van der Waals surface area contributed by atoms with Crippen molar-refractivity contribution in [2.75, 3.05) is 26.2 Å². The maximum atomic E-state index is 12.2. The van der Waals surface area contributed by atoms with Crippen LogP contribution in [0.3, 0.4) is 0 Å². The predicted molar refractivity (Wildman–Crippen MR) is 243 cm³/mol. The van der Waals surface area contributed by atoms with Crippen molar-refractivity contribution < 1.29 is 38.0 Å². The minimum Gasteiger partial charge on any atom is -0.489 e. The van der Waals surface area contributed by atoms with Crippen LogP contribution in [0.15, 0.2) is 81.8 Å². The van der Waals surface area contributed by atoms with E-state index in [4.69, 9.17) is 51.6 Å². The average molecular weight is 912 g/mol. The molecule has 8 rings (SSSR count). The summed E-state index contributed by atoms with van der Waals surface area (Å²) in [6.07, 6.45) is 1.56. The molecule has 4 aromatic carbocycles. The van der Waals surface area contributed by atoms with E-state index in [0.29, 0.717) is 64.6 Å². The normalized spacial score (nSPS) is 14.1. The molecule has 4 heterocycles. The highest BCUT2D eigenvalue weighted by atomic mass is 35.5. The highest BCUT2D eigenvalue weighted by Crippen LogP contribution is 2.35. The Kier molecular flexibility index (Phi) is 14.4. The van der Waals surface area contributed by atoms with Crippen LogP contribution in [0, 0.1) is 0 Å². The molecular weight excluding hydrogens is 859 g/mol. The largest absolute Gasteiger partial charge is 0.489 e. The number of rotatable bonds is 12. The summed E-state index contributed by atoms with van der Waals surface area (Å²) in [4.78, 5) is 36.5. The van der Waals surface area contributed by atoms with Crippen LogP contribution in [0.2, 0.25) is 10.0 Å². The van der Waals surface area contributed by atoms with Crippen LogP contribution in [-0.4, -0.2) is 91.1 Å². The van der Waals surface area contributed by atoms with Gasteiger partial charge in [-0.15, -0.1) is 0 Å². The molecule has 1 N–H and O–H groups in total. The Bertz CT molecular complexity index is 2620. The average Bonchev–Trinajstić information content (AvgIpc) is 3.92. The van der Waals surface area contributed by atoms with Gasteiger partial charge >= 0.3 is 11.9 Å². The highest BCUT2D eigenvalue weighted by Gasteiger charge is 2.26. The number of carboxylic acid groups (broad SMARTS) is 1. The number of carbonyl (C=O) groups is 2. The second kappa shape index (κ2) is 19.9. The summed E-state index contributed by atoms with van der Waals surface area (Å²) in [5.74, 6) is 2.02. The lowest BCUT2D eigenvalue weighted by atomic mass is 9.94. The van der Waals surface area contributed by atoms with Gasteiger partial charge in [-0.3, -0.25) is 19.4 Å². The van der Waals surface area contributed by atoms with Gasteiger partial charge in [0, 0.05) is 48.4 Å². The Hall–Kier alpha value is -5.80. The number of aliphatic carboxylic acids is 1. The van der Waals surface area contributed by atoms with E-state index in [0.717, 1.165) is 63.9 Å². The third kappa shape index (κ3) is 11.7. The number of halogens is 2. The van der Waals surface area contributed by atoms with Crippen LogP contribution < -0.4 is 9.47 Å². The van der Waals surface area contributed by atoms with Crippen molar-refractivity contribution >= 4 is 35.1 Å². The smallest absolute Gasteiger partial charge is 0.320 e. The molecule has 0 amide bonds. The zero-order valence-corrected chi connectivity index (χ0v) is 38.5. The molecule has 2 aliphatic heterocycles. The van der Waals surface area contributed by atoms with Crippen LogP contribution in [0.25, 0.3) is 45.7 Å². The maximum absolute atomic E-state index is 12.2. The lowest BCUT2D eigenvalue weighted by Gasteiger charge is -2.30. The number of carboxylic acids is 1. The fraction of sp³-hybridized carbons (Fsp3) is 0.375. The number of ether oxygens (including phenoxy) is 3. The first kappa shape index (κ1) is 46.2. The minimum absolute atomic E-state index is 0.0285. The van der Waals surface area contributed by atoms with E-state index in [2.05, 4.69) is 31.2 Å². The number of carbonyl (C=O) groups excluding carboxylic acids is 1. The van der Waals surface area contributed by atoms with Crippen molar-refractivity contribution in [2.45, 2.75) is 92.2 Å². The molecule has 0 spiro atoms. The molecule has 0 bridgehead atoms. The van der Waals surface area contributed by atoms with Crippen LogP contribution in [0.4, 0.5) is 0 Å². The molecule has 0 saturated heterocycles. The monoisotopic (exact) mass is 910 g/mol. The van der Waals surface area contributed by atoms with Gasteiger partial charge in [0.25, 0.3) is 11.8 Å². The summed E-state index contributed by atoms with van der Waals surface area (Å²) in [6.45, 7) is 16.4. The van der Waals surface area contributed by atoms with Crippen molar-refractivity contribution in [3.05, 3.63) is 105 Å². The Morgan fingerprint density at radius 1 is 0.703 bits per heavy atom. The molecule has 0 radical (unpaired) electrons. The number of aromatic nitrogens is 4. The Balaban J connectivity index is 0.000000193. The van der Waals surface area contributed by atoms with Gasteiger partial charge in [0.1, 0.15) is 17.1 Å². The minimum atomic E-state index is -0.820. The van der Waals surface area contributed by atoms with E-state index in [1.807, 2.05) is 102 Å². The maximum Gasteiger partial charge on any atom is 0.320 e. The molecule has 64 heavy (non-hydrogen) atoms. The standard InChI is InChI=1S/C26H30ClN3O4.C22H22ClN3O4/c1-16(2)32-22-10-9-17(13-21(22)27)24-28-25(34-29-24)20-8-6-7-18-14-30(12-11-19(18)20)15-23(31)33-26(3,4)5;1-13(2)29-19-7-6-14(10-18(19)23)21-24-22(30-25-21)17-5-3-4-15-11-26(12-20(27)28)9-8-16(15)17/h6-10,13,16H,11-12,14-15H2,1-5H3;3-7,10,13H,8-9,11-12H2,1-2H3,(H,27,28). The van der Waals surface area contributed by atoms with Gasteiger partial charge < -0.3 is 28.4 Å². The van der Waals surface area contributed by atoms with Crippen LogP contribution in [-0.2, 0) is 40.3 Å². The third-order valence-electron chi connectivity index (χ3n) is 10.2. The predicted octanol–water partition coefficient (Wildman–Crippen LogP) is 9.83. The zero-order valence-electron chi connectivity index (χ0n) is 37.0. The van der Waals surface area contributed by atoms with E-state index < -0.39 is 11.6 Å². The quantitative estimate of drug-likeness (QED) is 0.115. The highest BCUT2D eigenvalue weighted by molar-refractivity contribution is 6.32. The van der Waals surface area contributed by atoms with Crippen molar-refractivity contribution in [1.82, 2.24) is 30.1 Å². The van der Waals surface area contributed by atoms with Crippen LogP contribution in [0.1, 0.15) is 70.7 Å². The van der Waals surface area contributed by atoms with Crippen molar-refractivity contribution in [3.63, 3.8) is 0 Å². The number of hydrogen-bond acceptors (Lipinski definition) is 13. The summed E-state index contributed by atoms with van der Waals surface area (Å²) in [7, 11) is 0. The molecule has 0 unspecified atom stereocenters. The van der Waals surface area contributed by atoms with Crippen molar-refractivity contribution in [2.24, 2.45) is 0 Å². The van der Waals surface area contributed by atoms with Gasteiger partial charge in [-0.1, -0.05) is 57.8 Å². The molecule has 14 nitrogen and oxygen atoms in total. The molecule has 16 heteroatoms. The number of fused-ring (bicyclic) bond motifs is 2. The van der Waals surface area contributed by atoms with E-state index in [1.54, 1.807) is 18.2 Å². The van der Waals surface area contributed by atoms with E-state index in [9.17, 15) is 9.59 Å². The summed E-state index contributed by atoms with van der Waals surface area (Å²) >= 11 is 12.7. The summed E-state index contributed by atoms with van der Waals surface area (Å²) in [6, 6.07) is 22.8. The number of esters is 1. The zero-order chi connectivity index (χ0) is 45.7. The van der Waals surface area contributed by atoms with E-state index in [-0.39, 0.29) is 31.3 Å². The molecule has 2 aromatic heterocycles. The van der Waals surface area contributed by atoms with Crippen molar-refractivity contribution in [3.8, 4) is 57.2 Å². The molecule has 0 fully saturated rings. The molecule has 336 valence electrons. The second-order valence-corrected chi connectivity index (χ2v) is 18.1. The Morgan fingerprint density at radius 3 is 1.56 bits per heavy atom. The molecule has 0 saturated carbocycles. The topological polar surface area (TPSA) is 166 Å². The van der Waals surface area contributed by atoms with Gasteiger partial charge in [0.15, 0.2) is 0 Å². The van der Waals surface area contributed by atoms with Gasteiger partial charge in [-0.2, -0.15) is 9.97 Å². The third-order valence-corrected chi connectivity index (χ3v) is 10.8. The molecule has 0 atom stereocenters. The number of benzene rings is 4. The first-order valence-electron chi connectivity index (χ1n) is 21.2. The lowest BCUT2D eigenvalue weighted by molar-refractivity contribution is -0.156. The Labute approximate surface area is 382 Å². The summed E-state index contributed by atoms with van der Waals surface area (Å²) in [5.41, 5.74) is 7.31. The van der Waals surface area contributed by atoms with Gasteiger partial charge in [-0.05, 0) is 132 Å². The SMILES string of the molecule is CC(C)Oc1ccc(-c2noc(-c3cccc4c3CCN(CC(=O)O)C4)n2)cc1Cl.CC(C)Oc1ccc(-c2noc(-c3cccc4c3CCN(CC(=O)OC(C)(C)C)C4)n2)cc1Cl. The number of hydrogen-bond donors (Lipinski definition) is 1. The first-order valence-corrected chi connectivity index (χ1v) is 22.0. The van der Waals surface area contributed by atoms with E-state index in [1.165, 1.54) is 0 Å². The van der Waals surface area contributed by atoms with Crippen LogP contribution >= 0.6 is 23.2 Å². The molecule has 2 aliphatic rings. The summed E-state index contributed by atoms with van der Waals surface area (Å²) < 4.78 is 28.0. The van der Waals surface area contributed by atoms with E-state index >= 15 is 0 Å². The Morgan fingerprint density at radius 2 is 1.16 bits per heavy atom. The lowest BCUT2D eigenvalue weighted by Crippen LogP contribution is -2.38. The van der Waals surface area contributed by atoms with Gasteiger partial charge in [0.05, 0.1) is 35.3 Å².